The normalized spacial score (nSPS) is 18.7. The summed E-state index contributed by atoms with van der Waals surface area (Å²) in [7, 11) is 0. The number of anilines is 1. The van der Waals surface area contributed by atoms with Gasteiger partial charge in [0.15, 0.2) is 5.82 Å². The molecule has 2 aliphatic rings. The summed E-state index contributed by atoms with van der Waals surface area (Å²) < 4.78 is 53.8. The molecule has 1 amide bonds. The first-order valence-electron chi connectivity index (χ1n) is 11.3. The lowest BCUT2D eigenvalue weighted by Crippen LogP contribution is -2.40. The molecule has 10 heteroatoms. The van der Waals surface area contributed by atoms with E-state index in [1.54, 1.807) is 23.4 Å². The fraction of sp³-hybridized carbons (Fsp3) is 0.360. The molecule has 35 heavy (non-hydrogen) atoms. The summed E-state index contributed by atoms with van der Waals surface area (Å²) in [4.78, 5) is 28.0. The van der Waals surface area contributed by atoms with Crippen molar-refractivity contribution in [3.05, 3.63) is 71.4 Å². The number of hydrogen-bond donors (Lipinski definition) is 1. The Kier molecular flexibility index (Phi) is 5.69. The summed E-state index contributed by atoms with van der Waals surface area (Å²) in [5, 5.41) is 3.00. The molecule has 1 aliphatic heterocycles. The summed E-state index contributed by atoms with van der Waals surface area (Å²) in [6, 6.07) is 7.27. The predicted octanol–water partition coefficient (Wildman–Crippen LogP) is 5.11. The van der Waals surface area contributed by atoms with Gasteiger partial charge >= 0.3 is 6.18 Å². The van der Waals surface area contributed by atoms with Gasteiger partial charge in [0.05, 0.1) is 11.1 Å². The summed E-state index contributed by atoms with van der Waals surface area (Å²) >= 11 is 0. The highest BCUT2D eigenvalue weighted by molar-refractivity contribution is 6.00. The molecule has 3 aromatic rings. The van der Waals surface area contributed by atoms with Crippen molar-refractivity contribution < 1.29 is 22.4 Å². The fourth-order valence-corrected chi connectivity index (χ4v) is 4.75. The number of rotatable bonds is 5. The molecular formula is C25H23F4N5O. The SMILES string of the molecule is Cc1cc(C(F)(F)F)cc(NCC2CC3(CC3)CN2C(=O)c2cc(F)ccc2-c2ncccn2)n1. The topological polar surface area (TPSA) is 71.0 Å². The van der Waals surface area contributed by atoms with Gasteiger partial charge in [0, 0.05) is 42.8 Å². The number of nitrogens with zero attached hydrogens (tertiary/aromatic N) is 4. The summed E-state index contributed by atoms with van der Waals surface area (Å²) in [5.41, 5.74) is 0.0589. The van der Waals surface area contributed by atoms with Crippen molar-refractivity contribution in [2.45, 2.75) is 38.4 Å². The number of alkyl halides is 3. The van der Waals surface area contributed by atoms with Crippen LogP contribution in [0.2, 0.25) is 0 Å². The number of carbonyl (C=O) groups is 1. The van der Waals surface area contributed by atoms with Gasteiger partial charge in [-0.2, -0.15) is 13.2 Å². The van der Waals surface area contributed by atoms with Crippen LogP contribution in [0.3, 0.4) is 0 Å². The highest BCUT2D eigenvalue weighted by Crippen LogP contribution is 2.55. The number of halogens is 4. The maximum atomic E-state index is 14.2. The lowest BCUT2D eigenvalue weighted by Gasteiger charge is -2.26. The largest absolute Gasteiger partial charge is 0.416 e. The smallest absolute Gasteiger partial charge is 0.368 e. The second-order valence-electron chi connectivity index (χ2n) is 9.31. The molecule has 6 nitrogen and oxygen atoms in total. The molecule has 182 valence electrons. The Morgan fingerprint density at radius 1 is 1.17 bits per heavy atom. The Hall–Kier alpha value is -3.56. The van der Waals surface area contributed by atoms with E-state index in [9.17, 15) is 22.4 Å². The van der Waals surface area contributed by atoms with E-state index in [1.807, 2.05) is 0 Å². The van der Waals surface area contributed by atoms with E-state index >= 15 is 0 Å². The monoisotopic (exact) mass is 485 g/mol. The maximum Gasteiger partial charge on any atom is 0.416 e. The minimum absolute atomic E-state index is 0.00983. The van der Waals surface area contributed by atoms with E-state index in [1.165, 1.54) is 25.1 Å². The second-order valence-corrected chi connectivity index (χ2v) is 9.31. The zero-order valence-electron chi connectivity index (χ0n) is 18.9. The van der Waals surface area contributed by atoms with Crippen LogP contribution >= 0.6 is 0 Å². The summed E-state index contributed by atoms with van der Waals surface area (Å²) in [6.45, 7) is 2.24. The molecule has 1 saturated carbocycles. The fourth-order valence-electron chi connectivity index (χ4n) is 4.75. The molecule has 0 radical (unpaired) electrons. The quantitative estimate of drug-likeness (QED) is 0.509. The van der Waals surface area contributed by atoms with Crippen LogP contribution in [0, 0.1) is 18.2 Å². The van der Waals surface area contributed by atoms with Gasteiger partial charge in [-0.05, 0) is 68.0 Å². The first-order chi connectivity index (χ1) is 16.6. The minimum Gasteiger partial charge on any atom is -0.368 e. The zero-order chi connectivity index (χ0) is 24.8. The molecule has 1 saturated heterocycles. The van der Waals surface area contributed by atoms with Crippen LogP contribution in [0.1, 0.15) is 40.9 Å². The van der Waals surface area contributed by atoms with Crippen LogP contribution in [0.15, 0.2) is 48.8 Å². The number of likely N-dealkylation sites (tertiary alicyclic amines) is 1. The third kappa shape index (κ3) is 4.82. The van der Waals surface area contributed by atoms with E-state index in [2.05, 4.69) is 20.3 Å². The van der Waals surface area contributed by atoms with Gasteiger partial charge in [-0.15, -0.1) is 0 Å². The second kappa shape index (κ2) is 8.58. The molecule has 1 N–H and O–H groups in total. The van der Waals surface area contributed by atoms with Crippen molar-refractivity contribution in [3.8, 4) is 11.4 Å². The Bertz CT molecular complexity index is 1260. The van der Waals surface area contributed by atoms with Crippen LogP contribution in [-0.4, -0.2) is 44.9 Å². The molecule has 1 spiro atoms. The number of benzene rings is 1. The van der Waals surface area contributed by atoms with Gasteiger partial charge in [0.2, 0.25) is 0 Å². The zero-order valence-corrected chi connectivity index (χ0v) is 18.9. The Morgan fingerprint density at radius 3 is 2.60 bits per heavy atom. The van der Waals surface area contributed by atoms with Gasteiger partial charge in [-0.3, -0.25) is 4.79 Å². The maximum absolute atomic E-state index is 14.2. The molecule has 1 aromatic carbocycles. The highest BCUT2D eigenvalue weighted by atomic mass is 19.4. The average molecular weight is 485 g/mol. The van der Waals surface area contributed by atoms with Gasteiger partial charge in [0.1, 0.15) is 11.6 Å². The van der Waals surface area contributed by atoms with Crippen LogP contribution in [0.5, 0.6) is 0 Å². The van der Waals surface area contributed by atoms with Gasteiger partial charge in [0.25, 0.3) is 5.91 Å². The predicted molar refractivity (Wildman–Crippen MR) is 121 cm³/mol. The molecule has 2 fully saturated rings. The third-order valence-electron chi connectivity index (χ3n) is 6.65. The molecule has 1 atom stereocenters. The van der Waals surface area contributed by atoms with Gasteiger partial charge < -0.3 is 10.2 Å². The summed E-state index contributed by atoms with van der Waals surface area (Å²) in [6.07, 6.45) is 1.29. The van der Waals surface area contributed by atoms with Crippen LogP contribution < -0.4 is 5.32 Å². The first-order valence-corrected chi connectivity index (χ1v) is 11.3. The number of carbonyl (C=O) groups excluding carboxylic acids is 1. The lowest BCUT2D eigenvalue weighted by molar-refractivity contribution is -0.137. The standard InChI is InChI=1S/C25H23F4N5O/c1-15-9-16(25(27,28)29)10-21(33-15)32-13-18-12-24(5-6-24)14-34(18)23(35)20-11-17(26)3-4-19(20)22-30-7-2-8-31-22/h2-4,7-11,18H,5-6,12-14H2,1H3,(H,32,33). The average Bonchev–Trinajstić information content (AvgIpc) is 3.48. The van der Waals surface area contributed by atoms with E-state index in [0.29, 0.717) is 17.9 Å². The van der Waals surface area contributed by atoms with Crippen LogP contribution in [-0.2, 0) is 6.18 Å². The molecule has 1 unspecified atom stereocenters. The summed E-state index contributed by atoms with van der Waals surface area (Å²) in [5.74, 6) is -0.484. The number of pyridine rings is 1. The van der Waals surface area contributed by atoms with Crippen molar-refractivity contribution >= 4 is 11.7 Å². The number of aromatic nitrogens is 3. The number of aryl methyl sites for hydroxylation is 1. The minimum atomic E-state index is -4.48. The molecular weight excluding hydrogens is 462 g/mol. The Morgan fingerprint density at radius 2 is 1.91 bits per heavy atom. The third-order valence-corrected chi connectivity index (χ3v) is 6.65. The molecule has 5 rings (SSSR count). The van der Waals surface area contributed by atoms with Crippen LogP contribution in [0.25, 0.3) is 11.4 Å². The number of nitrogens with one attached hydrogen (secondary N) is 1. The van der Waals surface area contributed by atoms with Crippen LogP contribution in [0.4, 0.5) is 23.4 Å². The Balaban J connectivity index is 1.41. The van der Waals surface area contributed by atoms with Crippen molar-refractivity contribution in [1.29, 1.82) is 0 Å². The van der Waals surface area contributed by atoms with E-state index < -0.39 is 17.6 Å². The molecule has 0 bridgehead atoms. The molecule has 1 aliphatic carbocycles. The first kappa shape index (κ1) is 23.2. The number of amides is 1. The van der Waals surface area contributed by atoms with E-state index in [4.69, 9.17) is 0 Å². The van der Waals surface area contributed by atoms with E-state index in [-0.39, 0.29) is 41.0 Å². The van der Waals surface area contributed by atoms with Crippen molar-refractivity contribution in [2.75, 3.05) is 18.4 Å². The Labute approximate surface area is 199 Å². The van der Waals surface area contributed by atoms with E-state index in [0.717, 1.165) is 31.4 Å². The molecule has 2 aromatic heterocycles. The van der Waals surface area contributed by atoms with Gasteiger partial charge in [-0.25, -0.2) is 19.3 Å². The highest BCUT2D eigenvalue weighted by Gasteiger charge is 2.53. The van der Waals surface area contributed by atoms with Crippen molar-refractivity contribution in [3.63, 3.8) is 0 Å². The lowest BCUT2D eigenvalue weighted by atomic mass is 10.0. The van der Waals surface area contributed by atoms with Crippen molar-refractivity contribution in [1.82, 2.24) is 19.9 Å². The van der Waals surface area contributed by atoms with Crippen molar-refractivity contribution in [2.24, 2.45) is 5.41 Å². The molecule has 3 heterocycles. The van der Waals surface area contributed by atoms with Gasteiger partial charge in [-0.1, -0.05) is 0 Å². The number of hydrogen-bond acceptors (Lipinski definition) is 5.